The molecule has 0 aliphatic carbocycles. The molecular weight excluding hydrogens is 410 g/mol. The van der Waals surface area contributed by atoms with Crippen LogP contribution in [0.3, 0.4) is 0 Å². The quantitative estimate of drug-likeness (QED) is 0.105. The lowest BCUT2D eigenvalue weighted by Gasteiger charge is -2.14. The average molecular weight is 454 g/mol. The predicted octanol–water partition coefficient (Wildman–Crippen LogP) is 5.89. The van der Waals surface area contributed by atoms with Crippen LogP contribution in [0.1, 0.15) is 91.4 Å². The highest BCUT2D eigenvalue weighted by Gasteiger charge is 2.10. The number of ether oxygens (including phenoxy) is 2. The predicted molar refractivity (Wildman–Crippen MR) is 144 cm³/mol. The highest BCUT2D eigenvalue weighted by molar-refractivity contribution is 6.42. The molecule has 0 aliphatic rings. The third-order valence-electron chi connectivity index (χ3n) is 5.29. The Hall–Kier alpha value is -2.10. The van der Waals surface area contributed by atoms with Gasteiger partial charge in [-0.2, -0.15) is 0 Å². The van der Waals surface area contributed by atoms with E-state index in [-0.39, 0.29) is 23.0 Å². The first-order chi connectivity index (χ1) is 15.7. The number of esters is 1. The third-order valence-corrected chi connectivity index (χ3v) is 5.29. The van der Waals surface area contributed by atoms with Gasteiger partial charge in [0.1, 0.15) is 32.9 Å². The Bertz CT molecular complexity index is 742. The molecule has 0 saturated heterocycles. The number of unbranched alkanes of at least 4 members (excludes halogenated alkanes) is 8. The zero-order valence-electron chi connectivity index (χ0n) is 21.6. The van der Waals surface area contributed by atoms with E-state index >= 15 is 0 Å². The van der Waals surface area contributed by atoms with Gasteiger partial charge in [-0.1, -0.05) is 68.5 Å². The van der Waals surface area contributed by atoms with Crippen molar-refractivity contribution < 1.29 is 19.4 Å². The average Bonchev–Trinajstić information content (AvgIpc) is 2.71. The van der Waals surface area contributed by atoms with Crippen LogP contribution in [0.2, 0.25) is 5.21 Å². The Kier molecular flexibility index (Phi) is 14.5. The molecule has 0 heterocycles. The van der Waals surface area contributed by atoms with E-state index in [0.717, 1.165) is 25.7 Å². The summed E-state index contributed by atoms with van der Waals surface area (Å²) in [4.78, 5) is 12.1. The SMILES string of the molecule is BC(B)(/C=C\CCCCC)/C=C\CCCCCCCC(=O)Oc1cc(O)cc(OC(C)C)c1. The van der Waals surface area contributed by atoms with Crippen LogP contribution >= 0.6 is 0 Å². The Morgan fingerprint density at radius 3 is 2.15 bits per heavy atom. The molecule has 0 bridgehead atoms. The molecule has 1 aromatic carbocycles. The lowest BCUT2D eigenvalue weighted by atomic mass is 9.54. The maximum absolute atomic E-state index is 12.1. The molecule has 1 aromatic rings. The number of allylic oxidation sites excluding steroid dienone is 4. The van der Waals surface area contributed by atoms with Gasteiger partial charge in [0.2, 0.25) is 0 Å². The standard InChI is InChI=1S/C27H44B2O4/c1-4-5-6-11-14-17-27(28,29)18-15-12-9-7-8-10-13-16-26(31)33-25-20-23(30)19-24(21-25)32-22(2)3/h14-15,17-22,30H,4-13,16,28-29H2,1-3H3/b17-14-,18-15-. The summed E-state index contributed by atoms with van der Waals surface area (Å²) < 4.78 is 10.9. The minimum absolute atomic E-state index is 0.0190. The van der Waals surface area contributed by atoms with Crippen LogP contribution in [0.4, 0.5) is 0 Å². The van der Waals surface area contributed by atoms with Gasteiger partial charge in [-0.3, -0.25) is 4.79 Å². The fraction of sp³-hybridized carbons (Fsp3) is 0.593. The molecule has 0 aromatic heterocycles. The first-order valence-electron chi connectivity index (χ1n) is 12.8. The molecule has 0 radical (unpaired) electrons. The van der Waals surface area contributed by atoms with Crippen molar-refractivity contribution in [2.24, 2.45) is 0 Å². The Labute approximate surface area is 203 Å². The van der Waals surface area contributed by atoms with Crippen molar-refractivity contribution in [3.8, 4) is 17.2 Å². The van der Waals surface area contributed by atoms with E-state index < -0.39 is 0 Å². The molecule has 1 N–H and O–H groups in total. The lowest BCUT2D eigenvalue weighted by molar-refractivity contribution is -0.134. The van der Waals surface area contributed by atoms with E-state index in [1.54, 1.807) is 6.07 Å². The molecule has 0 atom stereocenters. The van der Waals surface area contributed by atoms with Gasteiger partial charge in [0.15, 0.2) is 0 Å². The maximum atomic E-state index is 12.1. The number of phenols is 1. The third kappa shape index (κ3) is 15.4. The minimum Gasteiger partial charge on any atom is -0.508 e. The lowest BCUT2D eigenvalue weighted by Crippen LogP contribution is -2.09. The van der Waals surface area contributed by atoms with Gasteiger partial charge in [-0.25, -0.2) is 0 Å². The molecule has 0 spiro atoms. The van der Waals surface area contributed by atoms with E-state index in [1.807, 2.05) is 13.8 Å². The molecule has 0 fully saturated rings. The first-order valence-corrected chi connectivity index (χ1v) is 12.8. The summed E-state index contributed by atoms with van der Waals surface area (Å²) in [5.74, 6) is 0.565. The summed E-state index contributed by atoms with van der Waals surface area (Å²) in [6, 6.07) is 4.58. The van der Waals surface area contributed by atoms with Crippen molar-refractivity contribution in [2.45, 2.75) is 103 Å². The van der Waals surface area contributed by atoms with Gasteiger partial charge >= 0.3 is 5.97 Å². The number of aromatic hydroxyl groups is 1. The van der Waals surface area contributed by atoms with Crippen LogP contribution in [0.15, 0.2) is 42.5 Å². The summed E-state index contributed by atoms with van der Waals surface area (Å²) in [5, 5.41) is 9.91. The molecule has 0 unspecified atom stereocenters. The number of rotatable bonds is 17. The van der Waals surface area contributed by atoms with E-state index in [0.29, 0.717) is 17.9 Å². The Morgan fingerprint density at radius 2 is 1.52 bits per heavy atom. The summed E-state index contributed by atoms with van der Waals surface area (Å²) in [5.41, 5.74) is 0. The van der Waals surface area contributed by atoms with Gasteiger partial charge in [0.25, 0.3) is 0 Å². The Morgan fingerprint density at radius 1 is 0.939 bits per heavy atom. The Balaban J connectivity index is 2.16. The highest BCUT2D eigenvalue weighted by atomic mass is 16.5. The summed E-state index contributed by atoms with van der Waals surface area (Å²) in [6.45, 7) is 6.05. The summed E-state index contributed by atoms with van der Waals surface area (Å²) in [7, 11) is 4.52. The van der Waals surface area contributed by atoms with Crippen molar-refractivity contribution in [3.63, 3.8) is 0 Å². The van der Waals surface area contributed by atoms with Crippen LogP contribution in [-0.4, -0.2) is 32.9 Å². The maximum Gasteiger partial charge on any atom is 0.311 e. The second-order valence-electron chi connectivity index (χ2n) is 9.73. The number of benzene rings is 1. The molecule has 0 saturated carbocycles. The minimum atomic E-state index is -0.274. The molecule has 33 heavy (non-hydrogen) atoms. The highest BCUT2D eigenvalue weighted by Crippen LogP contribution is 2.28. The molecule has 1 rings (SSSR count). The molecule has 6 heteroatoms. The van der Waals surface area contributed by atoms with Crippen molar-refractivity contribution in [2.75, 3.05) is 0 Å². The van der Waals surface area contributed by atoms with Crippen molar-refractivity contribution in [3.05, 3.63) is 42.5 Å². The summed E-state index contributed by atoms with van der Waals surface area (Å²) >= 11 is 0. The van der Waals surface area contributed by atoms with E-state index in [9.17, 15) is 9.90 Å². The van der Waals surface area contributed by atoms with Gasteiger partial charge in [-0.15, -0.1) is 0 Å². The van der Waals surface area contributed by atoms with Gasteiger partial charge < -0.3 is 14.6 Å². The number of hydrogen-bond acceptors (Lipinski definition) is 4. The number of phenolic OH excluding ortho intramolecular Hbond substituents is 1. The van der Waals surface area contributed by atoms with Crippen LogP contribution in [0.5, 0.6) is 17.2 Å². The second kappa shape index (κ2) is 16.5. The molecule has 4 nitrogen and oxygen atoms in total. The van der Waals surface area contributed by atoms with Crippen molar-refractivity contribution in [1.29, 1.82) is 0 Å². The van der Waals surface area contributed by atoms with Crippen LogP contribution in [0, 0.1) is 0 Å². The van der Waals surface area contributed by atoms with Gasteiger partial charge in [-0.05, 0) is 46.0 Å². The van der Waals surface area contributed by atoms with Crippen molar-refractivity contribution in [1.82, 2.24) is 0 Å². The fourth-order valence-electron chi connectivity index (χ4n) is 3.54. The monoisotopic (exact) mass is 454 g/mol. The van der Waals surface area contributed by atoms with Crippen LogP contribution < -0.4 is 9.47 Å². The molecule has 0 aliphatic heterocycles. The van der Waals surface area contributed by atoms with Gasteiger partial charge in [0, 0.05) is 24.6 Å². The van der Waals surface area contributed by atoms with Crippen LogP contribution in [0.25, 0.3) is 0 Å². The second-order valence-corrected chi connectivity index (χ2v) is 9.73. The normalized spacial score (nSPS) is 12.1. The van der Waals surface area contributed by atoms with E-state index in [2.05, 4.69) is 46.9 Å². The first kappa shape index (κ1) is 28.9. The number of carbonyl (C=O) groups excluding carboxylic acids is 1. The molecular formula is C27H44B2O4. The number of carbonyl (C=O) groups is 1. The largest absolute Gasteiger partial charge is 0.508 e. The molecule has 182 valence electrons. The zero-order valence-corrected chi connectivity index (χ0v) is 21.6. The van der Waals surface area contributed by atoms with Crippen molar-refractivity contribution >= 4 is 21.7 Å². The topological polar surface area (TPSA) is 55.8 Å². The van der Waals surface area contributed by atoms with E-state index in [1.165, 1.54) is 50.7 Å². The summed E-state index contributed by atoms with van der Waals surface area (Å²) in [6.07, 6.45) is 21.1. The van der Waals surface area contributed by atoms with Crippen LogP contribution in [-0.2, 0) is 4.79 Å². The van der Waals surface area contributed by atoms with Gasteiger partial charge in [0.05, 0.1) is 6.10 Å². The number of hydrogen-bond donors (Lipinski definition) is 1. The smallest absolute Gasteiger partial charge is 0.311 e. The zero-order chi connectivity index (χ0) is 24.5. The fourth-order valence-corrected chi connectivity index (χ4v) is 3.54. The molecule has 0 amide bonds. The van der Waals surface area contributed by atoms with E-state index in [4.69, 9.17) is 9.47 Å².